The summed E-state index contributed by atoms with van der Waals surface area (Å²) in [6.45, 7) is 4.64. The van der Waals surface area contributed by atoms with Gasteiger partial charge in [0.15, 0.2) is 0 Å². The number of nitrogens with zero attached hydrogens (tertiary/aromatic N) is 1. The molecule has 2 heteroatoms. The van der Waals surface area contributed by atoms with E-state index < -0.39 is 0 Å². The number of amides is 1. The molecule has 0 N–H and O–H groups in total. The normalized spacial score (nSPS) is 9.52. The third-order valence-corrected chi connectivity index (χ3v) is 4.02. The molecule has 0 atom stereocenters. The van der Waals surface area contributed by atoms with Crippen LogP contribution in [0.4, 0.5) is 0 Å². The van der Waals surface area contributed by atoms with Crippen molar-refractivity contribution in [1.82, 2.24) is 4.90 Å². The number of hydrogen-bond donors (Lipinski definition) is 0. The Morgan fingerprint density at radius 2 is 1.22 bits per heavy atom. The van der Waals surface area contributed by atoms with Gasteiger partial charge in [-0.05, 0) is 39.5 Å². The molecule has 0 fully saturated rings. The van der Waals surface area contributed by atoms with Crippen LogP contribution < -0.4 is 0 Å². The number of carbonyl (C=O) groups excluding carboxylic acids is 1. The van der Waals surface area contributed by atoms with Gasteiger partial charge in [0.25, 0.3) is 0 Å². The molecule has 0 saturated heterocycles. The summed E-state index contributed by atoms with van der Waals surface area (Å²) in [5, 5.41) is 0. The fourth-order valence-electron chi connectivity index (χ4n) is 2.50. The second-order valence-corrected chi connectivity index (χ2v) is 6.10. The van der Waals surface area contributed by atoms with Crippen molar-refractivity contribution in [3.05, 3.63) is 0 Å². The van der Waals surface area contributed by atoms with Crippen LogP contribution in [0.2, 0.25) is 0 Å². The quantitative estimate of drug-likeness (QED) is 0.339. The first-order chi connectivity index (χ1) is 11.2. The third-order valence-electron chi connectivity index (χ3n) is 4.02. The third kappa shape index (κ3) is 15.3. The minimum Gasteiger partial charge on any atom is -0.346 e. The van der Waals surface area contributed by atoms with E-state index >= 15 is 0 Å². The standard InChI is InChI=1S/C21H35NO/c1-4-6-8-10-11-12-13-14-15-17-19-21(23)22(3)20-18-16-9-7-5-2/h8-20H2,1-3H3. The van der Waals surface area contributed by atoms with E-state index in [-0.39, 0.29) is 0 Å². The van der Waals surface area contributed by atoms with Gasteiger partial charge in [-0.3, -0.25) is 4.79 Å². The first kappa shape index (κ1) is 21.6. The molecule has 0 aliphatic rings. The van der Waals surface area contributed by atoms with Crippen LogP contribution in [-0.4, -0.2) is 24.4 Å². The van der Waals surface area contributed by atoms with Gasteiger partial charge in [-0.15, -0.1) is 23.7 Å². The maximum absolute atomic E-state index is 12.0. The Kier molecular flexibility index (Phi) is 15.9. The van der Waals surface area contributed by atoms with E-state index in [0.29, 0.717) is 12.3 Å². The molecule has 1 amide bonds. The van der Waals surface area contributed by atoms with Crippen molar-refractivity contribution in [1.29, 1.82) is 0 Å². The largest absolute Gasteiger partial charge is 0.346 e. The van der Waals surface area contributed by atoms with Gasteiger partial charge in [0.2, 0.25) is 5.91 Å². The predicted octanol–water partition coefficient (Wildman–Crippen LogP) is 5.17. The molecule has 0 aromatic heterocycles. The van der Waals surface area contributed by atoms with Gasteiger partial charge in [-0.25, -0.2) is 0 Å². The van der Waals surface area contributed by atoms with Crippen molar-refractivity contribution in [3.63, 3.8) is 0 Å². The van der Waals surface area contributed by atoms with E-state index in [4.69, 9.17) is 0 Å². The molecule has 0 spiro atoms. The lowest BCUT2D eigenvalue weighted by molar-refractivity contribution is -0.130. The molecule has 2 nitrogen and oxygen atoms in total. The van der Waals surface area contributed by atoms with Gasteiger partial charge < -0.3 is 4.90 Å². The smallest absolute Gasteiger partial charge is 0.222 e. The second-order valence-electron chi connectivity index (χ2n) is 6.10. The van der Waals surface area contributed by atoms with Gasteiger partial charge in [-0.1, -0.05) is 32.1 Å². The Morgan fingerprint density at radius 3 is 1.78 bits per heavy atom. The van der Waals surface area contributed by atoms with Crippen LogP contribution in [0.25, 0.3) is 0 Å². The highest BCUT2D eigenvalue weighted by atomic mass is 16.2. The Bertz CT molecular complexity index is 405. The molecule has 0 heterocycles. The Labute approximate surface area is 144 Å². The van der Waals surface area contributed by atoms with Crippen LogP contribution in [0.1, 0.15) is 90.9 Å². The van der Waals surface area contributed by atoms with E-state index in [1.165, 1.54) is 38.5 Å². The van der Waals surface area contributed by atoms with Crippen molar-refractivity contribution in [2.45, 2.75) is 90.9 Å². The van der Waals surface area contributed by atoms with E-state index in [0.717, 1.165) is 38.6 Å². The molecule has 0 saturated carbocycles. The molecule has 0 aromatic rings. The fourth-order valence-corrected chi connectivity index (χ4v) is 2.50. The average Bonchev–Trinajstić information content (AvgIpc) is 2.56. The molecule has 0 radical (unpaired) electrons. The second kappa shape index (κ2) is 17.0. The molecule has 0 bridgehead atoms. The van der Waals surface area contributed by atoms with E-state index in [2.05, 4.69) is 23.7 Å². The zero-order valence-corrected chi connectivity index (χ0v) is 15.5. The maximum Gasteiger partial charge on any atom is 0.222 e. The van der Waals surface area contributed by atoms with Gasteiger partial charge >= 0.3 is 0 Å². The van der Waals surface area contributed by atoms with Crippen LogP contribution in [0.5, 0.6) is 0 Å². The lowest BCUT2D eigenvalue weighted by Gasteiger charge is -2.16. The molecular weight excluding hydrogens is 282 g/mol. The van der Waals surface area contributed by atoms with E-state index in [1.54, 1.807) is 0 Å². The molecule has 23 heavy (non-hydrogen) atoms. The highest BCUT2D eigenvalue weighted by molar-refractivity contribution is 5.75. The predicted molar refractivity (Wildman–Crippen MR) is 99.9 cm³/mol. The molecule has 0 aliphatic carbocycles. The molecule has 0 unspecified atom stereocenters. The average molecular weight is 318 g/mol. The summed E-state index contributed by atoms with van der Waals surface area (Å²) in [5.74, 6) is 12.3. The first-order valence-corrected chi connectivity index (χ1v) is 9.25. The molecular formula is C21H35NO. The molecule has 0 aliphatic heterocycles. The van der Waals surface area contributed by atoms with E-state index in [9.17, 15) is 4.79 Å². The summed E-state index contributed by atoms with van der Waals surface area (Å²) in [7, 11) is 1.92. The first-order valence-electron chi connectivity index (χ1n) is 9.25. The number of carbonyl (C=O) groups is 1. The number of rotatable bonds is 13. The minimum atomic E-state index is 0.296. The van der Waals surface area contributed by atoms with Crippen molar-refractivity contribution in [2.24, 2.45) is 0 Å². The molecule has 0 aromatic carbocycles. The van der Waals surface area contributed by atoms with Crippen molar-refractivity contribution in [2.75, 3.05) is 13.6 Å². The summed E-state index contributed by atoms with van der Waals surface area (Å²) in [6.07, 6.45) is 13.4. The SMILES string of the molecule is CC#CCCCCCCCCCC(=O)N(C)CCCCC#CC. The number of unbranched alkanes of at least 4 members (excludes halogenated alkanes) is 9. The summed E-state index contributed by atoms with van der Waals surface area (Å²) in [6, 6.07) is 0. The van der Waals surface area contributed by atoms with Crippen molar-refractivity contribution in [3.8, 4) is 23.7 Å². The molecule has 0 rings (SSSR count). The minimum absolute atomic E-state index is 0.296. The van der Waals surface area contributed by atoms with Gasteiger partial charge in [0, 0.05) is 32.9 Å². The lowest BCUT2D eigenvalue weighted by Crippen LogP contribution is -2.27. The lowest BCUT2D eigenvalue weighted by atomic mass is 10.1. The highest BCUT2D eigenvalue weighted by Gasteiger charge is 2.07. The Balaban J connectivity index is 3.40. The summed E-state index contributed by atoms with van der Waals surface area (Å²) >= 11 is 0. The number of hydrogen-bond acceptors (Lipinski definition) is 1. The Morgan fingerprint density at radius 1 is 0.739 bits per heavy atom. The zero-order valence-electron chi connectivity index (χ0n) is 15.5. The molecule has 130 valence electrons. The zero-order chi connectivity index (χ0) is 17.2. The van der Waals surface area contributed by atoms with Crippen LogP contribution in [0, 0.1) is 23.7 Å². The maximum atomic E-state index is 12.0. The van der Waals surface area contributed by atoms with Crippen LogP contribution in [0.15, 0.2) is 0 Å². The highest BCUT2D eigenvalue weighted by Crippen LogP contribution is 2.10. The Hall–Kier alpha value is -1.41. The van der Waals surface area contributed by atoms with Crippen molar-refractivity contribution >= 4 is 5.91 Å². The van der Waals surface area contributed by atoms with Gasteiger partial charge in [-0.2, -0.15) is 0 Å². The van der Waals surface area contributed by atoms with Gasteiger partial charge in [0.1, 0.15) is 0 Å². The monoisotopic (exact) mass is 317 g/mol. The fraction of sp³-hybridized carbons (Fsp3) is 0.762. The summed E-state index contributed by atoms with van der Waals surface area (Å²) < 4.78 is 0. The van der Waals surface area contributed by atoms with Crippen molar-refractivity contribution < 1.29 is 4.79 Å². The summed E-state index contributed by atoms with van der Waals surface area (Å²) in [4.78, 5) is 13.9. The van der Waals surface area contributed by atoms with Crippen LogP contribution in [0.3, 0.4) is 0 Å². The van der Waals surface area contributed by atoms with Crippen LogP contribution in [-0.2, 0) is 4.79 Å². The van der Waals surface area contributed by atoms with E-state index in [1.807, 2.05) is 25.8 Å². The topological polar surface area (TPSA) is 20.3 Å². The van der Waals surface area contributed by atoms with Crippen LogP contribution >= 0.6 is 0 Å². The summed E-state index contributed by atoms with van der Waals surface area (Å²) in [5.41, 5.74) is 0. The van der Waals surface area contributed by atoms with Gasteiger partial charge in [0.05, 0.1) is 0 Å².